The molecule has 0 saturated carbocycles. The van der Waals surface area contributed by atoms with Gasteiger partial charge < -0.3 is 4.74 Å². The van der Waals surface area contributed by atoms with E-state index in [0.29, 0.717) is 22.9 Å². The third-order valence-corrected chi connectivity index (χ3v) is 3.23. The molecule has 0 bridgehead atoms. The average Bonchev–Trinajstić information content (AvgIpc) is 2.11. The Hall–Kier alpha value is -0.290. The van der Waals surface area contributed by atoms with Crippen LogP contribution in [0, 0.1) is 3.57 Å². The van der Waals surface area contributed by atoms with E-state index in [0.717, 1.165) is 3.57 Å². The first-order valence-corrected chi connectivity index (χ1v) is 5.64. The molecule has 0 radical (unpaired) electrons. The van der Waals surface area contributed by atoms with Gasteiger partial charge in [-0.15, -0.1) is 0 Å². The topological polar surface area (TPSA) is 26.3 Å². The van der Waals surface area contributed by atoms with Gasteiger partial charge in [-0.05, 0) is 48.6 Å². The fourth-order valence-electron chi connectivity index (χ4n) is 1.08. The summed E-state index contributed by atoms with van der Waals surface area (Å²) in [7, 11) is 0. The Bertz CT molecular complexity index is 363. The summed E-state index contributed by atoms with van der Waals surface area (Å²) in [6.07, 6.45) is 0. The second-order valence-corrected chi connectivity index (χ2v) is 4.32. The maximum Gasteiger partial charge on any atom is 0.163 e. The van der Waals surface area contributed by atoms with Gasteiger partial charge in [0.05, 0.1) is 17.2 Å². The highest BCUT2D eigenvalue weighted by molar-refractivity contribution is 14.1. The Kier molecular flexibility index (Phi) is 4.19. The van der Waals surface area contributed by atoms with Crippen molar-refractivity contribution in [1.29, 1.82) is 0 Å². The minimum atomic E-state index is -0.0354. The molecule has 0 unspecified atom stereocenters. The van der Waals surface area contributed by atoms with Gasteiger partial charge in [-0.1, -0.05) is 11.6 Å². The molecule has 2 nitrogen and oxygen atoms in total. The molecule has 0 saturated heterocycles. The molecule has 0 fully saturated rings. The summed E-state index contributed by atoms with van der Waals surface area (Å²) in [5, 5.41) is 0.583. The van der Waals surface area contributed by atoms with Crippen molar-refractivity contribution in [1.82, 2.24) is 0 Å². The van der Waals surface area contributed by atoms with Crippen molar-refractivity contribution in [2.24, 2.45) is 0 Å². The highest BCUT2D eigenvalue weighted by Crippen LogP contribution is 2.28. The van der Waals surface area contributed by atoms with Gasteiger partial charge in [0, 0.05) is 3.57 Å². The summed E-state index contributed by atoms with van der Waals surface area (Å²) in [4.78, 5) is 11.3. The zero-order chi connectivity index (χ0) is 10.7. The number of ketones is 1. The van der Waals surface area contributed by atoms with Crippen LogP contribution in [0.1, 0.15) is 24.2 Å². The van der Waals surface area contributed by atoms with E-state index in [1.165, 1.54) is 6.92 Å². The first kappa shape index (κ1) is 11.8. The zero-order valence-electron chi connectivity index (χ0n) is 7.93. The van der Waals surface area contributed by atoms with E-state index in [2.05, 4.69) is 22.6 Å². The van der Waals surface area contributed by atoms with Crippen LogP contribution < -0.4 is 4.74 Å². The molecule has 0 N–H and O–H groups in total. The van der Waals surface area contributed by atoms with E-state index in [9.17, 15) is 4.79 Å². The molecular weight excluding hydrogens is 314 g/mol. The number of benzene rings is 1. The normalized spacial score (nSPS) is 10.0. The molecule has 0 spiro atoms. The third kappa shape index (κ3) is 2.60. The van der Waals surface area contributed by atoms with Crippen LogP contribution >= 0.6 is 34.2 Å². The van der Waals surface area contributed by atoms with E-state index < -0.39 is 0 Å². The predicted octanol–water partition coefficient (Wildman–Crippen LogP) is 3.55. The highest BCUT2D eigenvalue weighted by Gasteiger charge is 2.11. The second-order valence-electron chi connectivity index (χ2n) is 2.75. The Balaban J connectivity index is 3.24. The van der Waals surface area contributed by atoms with Crippen molar-refractivity contribution >= 4 is 40.0 Å². The van der Waals surface area contributed by atoms with E-state index >= 15 is 0 Å². The van der Waals surface area contributed by atoms with Gasteiger partial charge in [-0.3, -0.25) is 4.79 Å². The molecule has 1 rings (SSSR count). The number of hydrogen-bond donors (Lipinski definition) is 0. The van der Waals surface area contributed by atoms with Crippen molar-refractivity contribution in [3.8, 4) is 5.75 Å². The van der Waals surface area contributed by atoms with Crippen molar-refractivity contribution in [2.45, 2.75) is 13.8 Å². The van der Waals surface area contributed by atoms with Crippen molar-refractivity contribution in [2.75, 3.05) is 6.61 Å². The standard InChI is InChI=1S/C10H10ClIO2/c1-3-14-10-5-9(12)8(11)4-7(10)6(2)13/h4-5H,3H2,1-2H3. The molecule has 0 atom stereocenters. The number of Topliss-reactive ketones (excluding diaryl/α,β-unsaturated/α-hetero) is 1. The Morgan fingerprint density at radius 3 is 2.71 bits per heavy atom. The third-order valence-electron chi connectivity index (χ3n) is 1.70. The molecule has 0 amide bonds. The van der Waals surface area contributed by atoms with Crippen LogP contribution in [-0.2, 0) is 0 Å². The summed E-state index contributed by atoms with van der Waals surface area (Å²) in [5.74, 6) is 0.570. The number of carbonyl (C=O) groups excluding carboxylic acids is 1. The van der Waals surface area contributed by atoms with Gasteiger partial charge in [-0.25, -0.2) is 0 Å². The number of hydrogen-bond acceptors (Lipinski definition) is 2. The average molecular weight is 325 g/mol. The molecular formula is C10H10ClIO2. The smallest absolute Gasteiger partial charge is 0.163 e. The van der Waals surface area contributed by atoms with Gasteiger partial charge in [0.25, 0.3) is 0 Å². The Morgan fingerprint density at radius 1 is 1.57 bits per heavy atom. The molecule has 0 aromatic heterocycles. The first-order chi connectivity index (χ1) is 6.56. The minimum absolute atomic E-state index is 0.0354. The fourth-order valence-corrected chi connectivity index (χ4v) is 1.68. The monoisotopic (exact) mass is 324 g/mol. The first-order valence-electron chi connectivity index (χ1n) is 4.19. The van der Waals surface area contributed by atoms with Crippen molar-refractivity contribution in [3.63, 3.8) is 0 Å². The van der Waals surface area contributed by atoms with Crippen LogP contribution in [0.25, 0.3) is 0 Å². The summed E-state index contributed by atoms with van der Waals surface area (Å²) < 4.78 is 6.24. The zero-order valence-corrected chi connectivity index (χ0v) is 10.8. The van der Waals surface area contributed by atoms with Crippen LogP contribution in [0.2, 0.25) is 5.02 Å². The van der Waals surface area contributed by atoms with Gasteiger partial charge in [-0.2, -0.15) is 0 Å². The molecule has 0 aliphatic rings. The van der Waals surface area contributed by atoms with Crippen LogP contribution in [0.4, 0.5) is 0 Å². The largest absolute Gasteiger partial charge is 0.493 e. The quantitative estimate of drug-likeness (QED) is 0.628. The predicted molar refractivity (Wildman–Crippen MR) is 65.3 cm³/mol. The lowest BCUT2D eigenvalue weighted by Crippen LogP contribution is -2.01. The molecule has 1 aromatic rings. The molecule has 0 heterocycles. The molecule has 4 heteroatoms. The van der Waals surface area contributed by atoms with Gasteiger partial charge in [0.2, 0.25) is 0 Å². The van der Waals surface area contributed by atoms with E-state index in [4.69, 9.17) is 16.3 Å². The summed E-state index contributed by atoms with van der Waals surface area (Å²) in [6.45, 7) is 3.92. The molecule has 1 aromatic carbocycles. The lowest BCUT2D eigenvalue weighted by molar-refractivity contribution is 0.101. The maximum absolute atomic E-state index is 11.3. The Labute approximate surface area is 102 Å². The van der Waals surface area contributed by atoms with Gasteiger partial charge >= 0.3 is 0 Å². The molecule has 76 valence electrons. The van der Waals surface area contributed by atoms with E-state index in [-0.39, 0.29) is 5.78 Å². The minimum Gasteiger partial charge on any atom is -0.493 e. The molecule has 0 aliphatic carbocycles. The summed E-state index contributed by atoms with van der Waals surface area (Å²) in [6, 6.07) is 3.43. The molecule has 0 aliphatic heterocycles. The Morgan fingerprint density at radius 2 is 2.21 bits per heavy atom. The van der Waals surface area contributed by atoms with Crippen LogP contribution in [0.5, 0.6) is 5.75 Å². The lowest BCUT2D eigenvalue weighted by atomic mass is 10.1. The lowest BCUT2D eigenvalue weighted by Gasteiger charge is -2.09. The van der Waals surface area contributed by atoms with E-state index in [1.54, 1.807) is 12.1 Å². The number of carbonyl (C=O) groups is 1. The van der Waals surface area contributed by atoms with Crippen molar-refractivity contribution < 1.29 is 9.53 Å². The van der Waals surface area contributed by atoms with Crippen molar-refractivity contribution in [3.05, 3.63) is 26.3 Å². The number of rotatable bonds is 3. The van der Waals surface area contributed by atoms with Crippen LogP contribution in [0.3, 0.4) is 0 Å². The maximum atomic E-state index is 11.3. The number of halogens is 2. The molecule has 14 heavy (non-hydrogen) atoms. The van der Waals surface area contributed by atoms with Crippen LogP contribution in [-0.4, -0.2) is 12.4 Å². The SMILES string of the molecule is CCOc1cc(I)c(Cl)cc1C(C)=O. The fraction of sp³-hybridized carbons (Fsp3) is 0.300. The summed E-state index contributed by atoms with van der Waals surface area (Å²) >= 11 is 8.02. The van der Waals surface area contributed by atoms with E-state index in [1.807, 2.05) is 6.92 Å². The second kappa shape index (κ2) is 4.98. The number of ether oxygens (including phenoxy) is 1. The summed E-state index contributed by atoms with van der Waals surface area (Å²) in [5.41, 5.74) is 0.539. The van der Waals surface area contributed by atoms with Crippen LogP contribution in [0.15, 0.2) is 12.1 Å². The van der Waals surface area contributed by atoms with Gasteiger partial charge in [0.15, 0.2) is 5.78 Å². The highest BCUT2D eigenvalue weighted by atomic mass is 127. The van der Waals surface area contributed by atoms with Gasteiger partial charge in [0.1, 0.15) is 5.75 Å².